The fourth-order valence-corrected chi connectivity index (χ4v) is 3.46. The second-order valence-corrected chi connectivity index (χ2v) is 6.59. The molecule has 138 valence electrons. The van der Waals surface area contributed by atoms with E-state index in [1.54, 1.807) is 13.0 Å². The maximum atomic E-state index is 12.5. The molecule has 0 unspecified atom stereocenters. The highest BCUT2D eigenvalue weighted by Gasteiger charge is 2.52. The van der Waals surface area contributed by atoms with Crippen LogP contribution in [0.1, 0.15) is 44.3 Å². The van der Waals surface area contributed by atoms with Gasteiger partial charge in [0, 0.05) is 12.1 Å². The molecular weight excluding hydrogens is 342 g/mol. The third kappa shape index (κ3) is 3.24. The summed E-state index contributed by atoms with van der Waals surface area (Å²) in [6, 6.07) is 5.17. The SMILES string of the molecule is C[C@@H](OC(=O)CN1C(=O)NC2(CCCC2)C1=O)c1cccc([N+](=O)[O-])c1. The molecule has 1 spiro atoms. The first-order valence-corrected chi connectivity index (χ1v) is 8.40. The van der Waals surface area contributed by atoms with E-state index in [2.05, 4.69) is 5.32 Å². The van der Waals surface area contributed by atoms with Crippen LogP contribution in [-0.2, 0) is 14.3 Å². The van der Waals surface area contributed by atoms with Gasteiger partial charge in [-0.3, -0.25) is 24.6 Å². The van der Waals surface area contributed by atoms with Crippen molar-refractivity contribution < 1.29 is 24.0 Å². The van der Waals surface area contributed by atoms with E-state index < -0.39 is 35.1 Å². The fraction of sp³-hybridized carbons (Fsp3) is 0.471. The van der Waals surface area contributed by atoms with Crippen LogP contribution in [-0.4, -0.2) is 39.8 Å². The number of amides is 3. The number of esters is 1. The number of rotatable bonds is 5. The van der Waals surface area contributed by atoms with Crippen molar-refractivity contribution in [2.75, 3.05) is 6.54 Å². The number of nitro groups is 1. The zero-order chi connectivity index (χ0) is 18.9. The lowest BCUT2D eigenvalue weighted by Crippen LogP contribution is -2.44. The zero-order valence-electron chi connectivity index (χ0n) is 14.3. The highest BCUT2D eigenvalue weighted by Crippen LogP contribution is 2.35. The molecule has 1 aliphatic heterocycles. The summed E-state index contributed by atoms with van der Waals surface area (Å²) in [7, 11) is 0. The van der Waals surface area contributed by atoms with Gasteiger partial charge in [0.25, 0.3) is 11.6 Å². The minimum absolute atomic E-state index is 0.109. The predicted octanol–water partition coefficient (Wildman–Crippen LogP) is 2.06. The molecule has 2 aliphatic rings. The molecule has 9 heteroatoms. The van der Waals surface area contributed by atoms with E-state index in [4.69, 9.17) is 4.74 Å². The monoisotopic (exact) mass is 361 g/mol. The first-order chi connectivity index (χ1) is 12.3. The van der Waals surface area contributed by atoms with Crippen molar-refractivity contribution in [1.82, 2.24) is 10.2 Å². The van der Waals surface area contributed by atoms with Crippen molar-refractivity contribution in [2.24, 2.45) is 0 Å². The summed E-state index contributed by atoms with van der Waals surface area (Å²) in [5.74, 6) is -1.14. The summed E-state index contributed by atoms with van der Waals surface area (Å²) in [6.07, 6.45) is 2.12. The van der Waals surface area contributed by atoms with Crippen LogP contribution < -0.4 is 5.32 Å². The van der Waals surface area contributed by atoms with Gasteiger partial charge in [-0.15, -0.1) is 0 Å². The van der Waals surface area contributed by atoms with E-state index in [0.29, 0.717) is 18.4 Å². The number of carbonyl (C=O) groups excluding carboxylic acids is 3. The van der Waals surface area contributed by atoms with Gasteiger partial charge in [0.1, 0.15) is 18.2 Å². The summed E-state index contributed by atoms with van der Waals surface area (Å²) >= 11 is 0. The smallest absolute Gasteiger partial charge is 0.326 e. The number of urea groups is 1. The minimum Gasteiger partial charge on any atom is -0.456 e. The van der Waals surface area contributed by atoms with Gasteiger partial charge in [0.2, 0.25) is 0 Å². The second-order valence-electron chi connectivity index (χ2n) is 6.59. The van der Waals surface area contributed by atoms with Gasteiger partial charge >= 0.3 is 12.0 Å². The number of nitrogens with zero attached hydrogens (tertiary/aromatic N) is 2. The Balaban J connectivity index is 1.63. The number of imide groups is 1. The second kappa shape index (κ2) is 6.74. The van der Waals surface area contributed by atoms with E-state index in [-0.39, 0.29) is 11.6 Å². The molecule has 1 aliphatic carbocycles. The average molecular weight is 361 g/mol. The molecule has 2 fully saturated rings. The Morgan fingerprint density at radius 3 is 2.73 bits per heavy atom. The average Bonchev–Trinajstić information content (AvgIpc) is 3.16. The Kier molecular flexibility index (Phi) is 4.62. The number of non-ortho nitro benzene ring substituents is 1. The lowest BCUT2D eigenvalue weighted by Gasteiger charge is -2.20. The lowest BCUT2D eigenvalue weighted by atomic mass is 9.98. The van der Waals surface area contributed by atoms with Crippen molar-refractivity contribution >= 4 is 23.6 Å². The molecule has 0 radical (unpaired) electrons. The summed E-state index contributed by atoms with van der Waals surface area (Å²) in [5.41, 5.74) is -0.525. The van der Waals surface area contributed by atoms with Crippen molar-refractivity contribution in [3.05, 3.63) is 39.9 Å². The Hall–Kier alpha value is -2.97. The third-order valence-corrected chi connectivity index (χ3v) is 4.85. The molecule has 1 aromatic rings. The van der Waals surface area contributed by atoms with Crippen LogP contribution in [0.15, 0.2) is 24.3 Å². The molecule has 3 amide bonds. The number of hydrogen-bond donors (Lipinski definition) is 1. The maximum Gasteiger partial charge on any atom is 0.326 e. The van der Waals surface area contributed by atoms with Gasteiger partial charge in [0.05, 0.1) is 4.92 Å². The normalized spacial score (nSPS) is 19.5. The number of nitro benzene ring substituents is 1. The topological polar surface area (TPSA) is 119 Å². The summed E-state index contributed by atoms with van der Waals surface area (Å²) < 4.78 is 5.25. The lowest BCUT2D eigenvalue weighted by molar-refractivity contribution is -0.385. The van der Waals surface area contributed by atoms with Gasteiger partial charge in [-0.2, -0.15) is 0 Å². The van der Waals surface area contributed by atoms with Crippen LogP contribution in [0, 0.1) is 10.1 Å². The predicted molar refractivity (Wildman–Crippen MR) is 89.0 cm³/mol. The first kappa shape index (κ1) is 17.8. The Bertz CT molecular complexity index is 772. The molecule has 0 bridgehead atoms. The Morgan fingerprint density at radius 1 is 1.38 bits per heavy atom. The number of nitrogens with one attached hydrogen (secondary N) is 1. The van der Waals surface area contributed by atoms with Crippen molar-refractivity contribution in [3.8, 4) is 0 Å². The number of benzene rings is 1. The van der Waals surface area contributed by atoms with Gasteiger partial charge in [-0.1, -0.05) is 25.0 Å². The number of ether oxygens (including phenoxy) is 1. The van der Waals surface area contributed by atoms with Crippen LogP contribution in [0.25, 0.3) is 0 Å². The van der Waals surface area contributed by atoms with Crippen molar-refractivity contribution in [2.45, 2.75) is 44.2 Å². The van der Waals surface area contributed by atoms with E-state index in [1.165, 1.54) is 18.2 Å². The van der Waals surface area contributed by atoms with E-state index in [1.807, 2.05) is 0 Å². The molecule has 1 N–H and O–H groups in total. The fourth-order valence-electron chi connectivity index (χ4n) is 3.46. The van der Waals surface area contributed by atoms with Crippen LogP contribution in [0.4, 0.5) is 10.5 Å². The first-order valence-electron chi connectivity index (χ1n) is 8.40. The molecule has 26 heavy (non-hydrogen) atoms. The molecule has 0 aromatic heterocycles. The highest BCUT2D eigenvalue weighted by atomic mass is 16.6. The number of hydrogen-bond acceptors (Lipinski definition) is 6. The van der Waals surface area contributed by atoms with E-state index in [9.17, 15) is 24.5 Å². The van der Waals surface area contributed by atoms with Gasteiger partial charge in [0.15, 0.2) is 0 Å². The molecular formula is C17H19N3O6. The molecule has 1 saturated heterocycles. The summed E-state index contributed by atoms with van der Waals surface area (Å²) in [6.45, 7) is 1.09. The number of carbonyl (C=O) groups is 3. The van der Waals surface area contributed by atoms with Gasteiger partial charge in [-0.05, 0) is 25.3 Å². The summed E-state index contributed by atoms with van der Waals surface area (Å²) in [5, 5.41) is 13.5. The van der Waals surface area contributed by atoms with Crippen molar-refractivity contribution in [3.63, 3.8) is 0 Å². The molecule has 1 aromatic carbocycles. The minimum atomic E-state index is -0.872. The quantitative estimate of drug-likeness (QED) is 0.371. The Labute approximate surface area is 149 Å². The van der Waals surface area contributed by atoms with Gasteiger partial charge in [-0.25, -0.2) is 4.79 Å². The standard InChI is InChI=1S/C17H19N3O6/c1-11(12-5-4-6-13(9-12)20(24)25)26-14(21)10-19-15(22)17(18-16(19)23)7-2-3-8-17/h4-6,9,11H,2-3,7-8,10H2,1H3,(H,18,23)/t11-/m1/s1. The van der Waals surface area contributed by atoms with Crippen LogP contribution in [0.2, 0.25) is 0 Å². The Morgan fingerprint density at radius 2 is 2.08 bits per heavy atom. The maximum absolute atomic E-state index is 12.5. The van der Waals surface area contributed by atoms with E-state index >= 15 is 0 Å². The molecule has 9 nitrogen and oxygen atoms in total. The van der Waals surface area contributed by atoms with E-state index in [0.717, 1.165) is 17.7 Å². The third-order valence-electron chi connectivity index (χ3n) is 4.85. The van der Waals surface area contributed by atoms with Gasteiger partial charge < -0.3 is 10.1 Å². The molecule has 3 rings (SSSR count). The van der Waals surface area contributed by atoms with Crippen LogP contribution >= 0.6 is 0 Å². The molecule has 1 heterocycles. The summed E-state index contributed by atoms with van der Waals surface area (Å²) in [4.78, 5) is 47.9. The molecule has 1 saturated carbocycles. The molecule has 1 atom stereocenters. The van der Waals surface area contributed by atoms with Crippen LogP contribution in [0.3, 0.4) is 0 Å². The highest BCUT2D eigenvalue weighted by molar-refractivity contribution is 6.08. The largest absolute Gasteiger partial charge is 0.456 e. The van der Waals surface area contributed by atoms with Crippen molar-refractivity contribution in [1.29, 1.82) is 0 Å². The van der Waals surface area contributed by atoms with Crippen LogP contribution in [0.5, 0.6) is 0 Å². The zero-order valence-corrected chi connectivity index (χ0v) is 14.3.